The van der Waals surface area contributed by atoms with Crippen LogP contribution in [0.25, 0.3) is 0 Å². The van der Waals surface area contributed by atoms with Gasteiger partial charge in [-0.1, -0.05) is 6.92 Å². The van der Waals surface area contributed by atoms with Crippen molar-refractivity contribution in [2.45, 2.75) is 64.5 Å². The lowest BCUT2D eigenvalue weighted by Gasteiger charge is -2.27. The van der Waals surface area contributed by atoms with E-state index in [1.165, 1.54) is 6.07 Å². The van der Waals surface area contributed by atoms with E-state index in [2.05, 4.69) is 22.5 Å². The number of nitrogens with one attached hydrogen (secondary N) is 2. The zero-order valence-corrected chi connectivity index (χ0v) is 15.3. The van der Waals surface area contributed by atoms with Crippen molar-refractivity contribution >= 4 is 17.4 Å². The van der Waals surface area contributed by atoms with Crippen molar-refractivity contribution < 1.29 is 14.5 Å². The fourth-order valence-corrected chi connectivity index (χ4v) is 3.23. The minimum absolute atomic E-state index is 0.0940. The van der Waals surface area contributed by atoms with E-state index in [-0.39, 0.29) is 40.9 Å². The Bertz CT molecular complexity index is 682. The summed E-state index contributed by atoms with van der Waals surface area (Å²) in [6.45, 7) is 4.33. The lowest BCUT2D eigenvalue weighted by atomic mass is 9.87. The van der Waals surface area contributed by atoms with E-state index in [4.69, 9.17) is 4.74 Å². The first-order valence-corrected chi connectivity index (χ1v) is 9.37. The second-order valence-corrected chi connectivity index (χ2v) is 7.25. The summed E-state index contributed by atoms with van der Waals surface area (Å²) in [6.07, 6.45) is 5.93. The Morgan fingerprint density at radius 1 is 1.27 bits per heavy atom. The number of amides is 1. The van der Waals surface area contributed by atoms with Gasteiger partial charge >= 0.3 is 5.69 Å². The van der Waals surface area contributed by atoms with Crippen LogP contribution in [0.4, 0.5) is 11.5 Å². The third-order valence-electron chi connectivity index (χ3n) is 4.96. The number of aromatic nitrogens is 1. The van der Waals surface area contributed by atoms with Crippen molar-refractivity contribution in [3.63, 3.8) is 0 Å². The standard InChI is InChI=1S/C18H26N4O4/c1-3-26-18-14(17(23)20-13-6-4-11(2)5-7-13)10-15(22(24)25)16(21-18)19-12-8-9-12/h10-13H,3-9H2,1-2H3,(H,19,21)(H,20,23). The summed E-state index contributed by atoms with van der Waals surface area (Å²) >= 11 is 0. The highest BCUT2D eigenvalue weighted by Crippen LogP contribution is 2.33. The van der Waals surface area contributed by atoms with E-state index in [1.807, 2.05) is 0 Å². The first-order valence-electron chi connectivity index (χ1n) is 9.37. The molecule has 2 aliphatic rings. The fourth-order valence-electron chi connectivity index (χ4n) is 3.23. The molecule has 1 aromatic rings. The first-order chi connectivity index (χ1) is 12.5. The van der Waals surface area contributed by atoms with Gasteiger partial charge in [0.05, 0.1) is 11.5 Å². The monoisotopic (exact) mass is 362 g/mol. The van der Waals surface area contributed by atoms with E-state index in [1.54, 1.807) is 6.92 Å². The van der Waals surface area contributed by atoms with Crippen LogP contribution in [0.1, 0.15) is 62.7 Å². The van der Waals surface area contributed by atoms with Crippen LogP contribution in [0.5, 0.6) is 5.88 Å². The summed E-state index contributed by atoms with van der Waals surface area (Å²) in [6, 6.07) is 1.58. The summed E-state index contributed by atoms with van der Waals surface area (Å²) in [5, 5.41) is 17.5. The summed E-state index contributed by atoms with van der Waals surface area (Å²) in [4.78, 5) is 27.9. The maximum absolute atomic E-state index is 12.7. The number of rotatable bonds is 7. The van der Waals surface area contributed by atoms with Gasteiger partial charge in [0.15, 0.2) is 0 Å². The van der Waals surface area contributed by atoms with Gasteiger partial charge < -0.3 is 15.4 Å². The molecule has 8 nitrogen and oxygen atoms in total. The van der Waals surface area contributed by atoms with Gasteiger partial charge in [-0.15, -0.1) is 0 Å². The van der Waals surface area contributed by atoms with Gasteiger partial charge in [0.2, 0.25) is 11.7 Å². The molecule has 0 aromatic carbocycles. The molecule has 1 aromatic heterocycles. The molecular formula is C18H26N4O4. The van der Waals surface area contributed by atoms with Gasteiger partial charge in [0, 0.05) is 18.2 Å². The predicted octanol–water partition coefficient (Wildman–Crippen LogP) is 3.27. The molecule has 0 unspecified atom stereocenters. The van der Waals surface area contributed by atoms with Crippen molar-refractivity contribution in [1.29, 1.82) is 0 Å². The van der Waals surface area contributed by atoms with Crippen LogP contribution in [0.2, 0.25) is 0 Å². The summed E-state index contributed by atoms with van der Waals surface area (Å²) in [5.74, 6) is 0.631. The zero-order valence-electron chi connectivity index (χ0n) is 15.3. The van der Waals surface area contributed by atoms with Gasteiger partial charge in [0.1, 0.15) is 5.56 Å². The molecule has 142 valence electrons. The highest BCUT2D eigenvalue weighted by molar-refractivity contribution is 5.97. The smallest absolute Gasteiger partial charge is 0.312 e. The average Bonchev–Trinajstić information content (AvgIpc) is 3.41. The normalized spacial score (nSPS) is 22.5. The molecule has 8 heteroatoms. The lowest BCUT2D eigenvalue weighted by molar-refractivity contribution is -0.384. The highest BCUT2D eigenvalue weighted by Gasteiger charge is 2.30. The maximum atomic E-state index is 12.7. The van der Waals surface area contributed by atoms with Crippen LogP contribution in [0.3, 0.4) is 0 Å². The van der Waals surface area contributed by atoms with E-state index >= 15 is 0 Å². The second-order valence-electron chi connectivity index (χ2n) is 7.25. The Kier molecular flexibility index (Phi) is 5.58. The van der Waals surface area contributed by atoms with Crippen LogP contribution in [0, 0.1) is 16.0 Å². The number of hydrogen-bond donors (Lipinski definition) is 2. The number of pyridine rings is 1. The Hall–Kier alpha value is -2.38. The molecule has 3 rings (SSSR count). The third kappa shape index (κ3) is 4.42. The van der Waals surface area contributed by atoms with Crippen molar-refractivity contribution in [3.05, 3.63) is 21.7 Å². The number of ether oxygens (including phenoxy) is 1. The van der Waals surface area contributed by atoms with Gasteiger partial charge in [-0.05, 0) is 51.4 Å². The van der Waals surface area contributed by atoms with Crippen LogP contribution >= 0.6 is 0 Å². The Labute approximate surface area is 152 Å². The van der Waals surface area contributed by atoms with Crippen molar-refractivity contribution in [2.24, 2.45) is 5.92 Å². The summed E-state index contributed by atoms with van der Waals surface area (Å²) in [5.41, 5.74) is -0.0683. The summed E-state index contributed by atoms with van der Waals surface area (Å²) in [7, 11) is 0. The number of nitro groups is 1. The van der Waals surface area contributed by atoms with Gasteiger partial charge in [-0.3, -0.25) is 14.9 Å². The largest absolute Gasteiger partial charge is 0.477 e. The molecule has 2 fully saturated rings. The number of carbonyl (C=O) groups is 1. The van der Waals surface area contributed by atoms with E-state index in [9.17, 15) is 14.9 Å². The molecule has 26 heavy (non-hydrogen) atoms. The third-order valence-corrected chi connectivity index (χ3v) is 4.96. The fraction of sp³-hybridized carbons (Fsp3) is 0.667. The van der Waals surface area contributed by atoms with Crippen LogP contribution in [-0.2, 0) is 0 Å². The number of anilines is 1. The maximum Gasteiger partial charge on any atom is 0.312 e. The summed E-state index contributed by atoms with van der Waals surface area (Å²) < 4.78 is 5.51. The molecule has 0 bridgehead atoms. The molecule has 1 heterocycles. The molecule has 0 saturated heterocycles. The molecule has 2 aliphatic carbocycles. The molecule has 0 radical (unpaired) electrons. The quantitative estimate of drug-likeness (QED) is 0.569. The van der Waals surface area contributed by atoms with Crippen molar-refractivity contribution in [2.75, 3.05) is 11.9 Å². The molecular weight excluding hydrogens is 336 g/mol. The van der Waals surface area contributed by atoms with Crippen LogP contribution < -0.4 is 15.4 Å². The highest BCUT2D eigenvalue weighted by atomic mass is 16.6. The van der Waals surface area contributed by atoms with E-state index in [0.717, 1.165) is 38.5 Å². The number of hydrogen-bond acceptors (Lipinski definition) is 6. The van der Waals surface area contributed by atoms with Gasteiger partial charge in [0.25, 0.3) is 5.91 Å². The topological polar surface area (TPSA) is 106 Å². The minimum atomic E-state index is -0.507. The number of carbonyl (C=O) groups excluding carboxylic acids is 1. The molecule has 0 spiro atoms. The van der Waals surface area contributed by atoms with Crippen molar-refractivity contribution in [3.8, 4) is 5.88 Å². The van der Waals surface area contributed by atoms with Gasteiger partial charge in [-0.2, -0.15) is 4.98 Å². The van der Waals surface area contributed by atoms with Crippen molar-refractivity contribution in [1.82, 2.24) is 10.3 Å². The van der Waals surface area contributed by atoms with E-state index in [0.29, 0.717) is 12.5 Å². The Morgan fingerprint density at radius 3 is 2.50 bits per heavy atom. The van der Waals surface area contributed by atoms with Crippen LogP contribution in [0.15, 0.2) is 6.07 Å². The Balaban J connectivity index is 1.84. The molecule has 0 aliphatic heterocycles. The predicted molar refractivity (Wildman–Crippen MR) is 97.6 cm³/mol. The molecule has 0 atom stereocenters. The van der Waals surface area contributed by atoms with E-state index < -0.39 is 4.92 Å². The SMILES string of the molecule is CCOc1nc(NC2CC2)c([N+](=O)[O-])cc1C(=O)NC1CCC(C)CC1. The molecule has 2 N–H and O–H groups in total. The number of nitrogens with zero attached hydrogens (tertiary/aromatic N) is 2. The molecule has 2 saturated carbocycles. The van der Waals surface area contributed by atoms with Gasteiger partial charge in [-0.25, -0.2) is 0 Å². The lowest BCUT2D eigenvalue weighted by Crippen LogP contribution is -2.37. The Morgan fingerprint density at radius 2 is 1.92 bits per heavy atom. The average molecular weight is 362 g/mol. The van der Waals surface area contributed by atoms with Crippen LogP contribution in [-0.4, -0.2) is 34.5 Å². The minimum Gasteiger partial charge on any atom is -0.477 e. The molecule has 1 amide bonds. The first kappa shape index (κ1) is 18.4. The zero-order chi connectivity index (χ0) is 18.7. The second kappa shape index (κ2) is 7.88.